The largest absolute Gasteiger partial charge is 0.351 e. The zero-order valence-electron chi connectivity index (χ0n) is 10.1. The molecule has 19 heavy (non-hydrogen) atoms. The van der Waals surface area contributed by atoms with Crippen molar-refractivity contribution >= 4 is 21.6 Å². The Hall–Kier alpha value is -2.00. The van der Waals surface area contributed by atoms with Gasteiger partial charge in [-0.1, -0.05) is 0 Å². The average Bonchev–Trinajstić information content (AvgIpc) is 2.33. The topological polar surface area (TPSA) is 118 Å². The Balaban J connectivity index is 2.48. The van der Waals surface area contributed by atoms with E-state index in [0.717, 1.165) is 6.26 Å². The molecule has 0 radical (unpaired) electrons. The summed E-state index contributed by atoms with van der Waals surface area (Å²) >= 11 is 0. The summed E-state index contributed by atoms with van der Waals surface area (Å²) in [6.45, 7) is 0.209. The Labute approximate surface area is 110 Å². The van der Waals surface area contributed by atoms with E-state index in [1.807, 2.05) is 0 Å². The molecule has 0 aromatic heterocycles. The third-order valence-corrected chi connectivity index (χ3v) is 2.84. The number of hydrogen-bond acceptors (Lipinski definition) is 5. The summed E-state index contributed by atoms with van der Waals surface area (Å²) < 4.78 is 23.7. The highest BCUT2D eigenvalue weighted by molar-refractivity contribution is 7.88. The fourth-order valence-electron chi connectivity index (χ4n) is 1.25. The summed E-state index contributed by atoms with van der Waals surface area (Å²) in [5.41, 5.74) is 0.167. The zero-order chi connectivity index (χ0) is 14.5. The van der Waals surface area contributed by atoms with Crippen LogP contribution in [0.15, 0.2) is 24.3 Å². The summed E-state index contributed by atoms with van der Waals surface area (Å²) in [7, 11) is -3.28. The molecule has 0 atom stereocenters. The van der Waals surface area contributed by atoms with Gasteiger partial charge in [0, 0.05) is 30.8 Å². The van der Waals surface area contributed by atoms with Crippen LogP contribution in [0, 0.1) is 10.1 Å². The first kappa shape index (κ1) is 15.1. The monoisotopic (exact) mass is 287 g/mol. The van der Waals surface area contributed by atoms with Crippen LogP contribution in [0.5, 0.6) is 0 Å². The number of carbonyl (C=O) groups excluding carboxylic acids is 1. The molecular formula is C10H13N3O5S. The smallest absolute Gasteiger partial charge is 0.269 e. The van der Waals surface area contributed by atoms with Crippen molar-refractivity contribution in [3.63, 3.8) is 0 Å². The number of sulfonamides is 1. The SMILES string of the molecule is CS(=O)(=O)NCCNC(=O)c1ccc([N+](=O)[O-])cc1. The molecule has 1 aromatic rings. The standard InChI is InChI=1S/C10H13N3O5S/c1-19(17,18)12-7-6-11-10(14)8-2-4-9(5-3-8)13(15)16/h2-5,12H,6-7H2,1H3,(H,11,14). The molecule has 1 amide bonds. The van der Waals surface area contributed by atoms with Gasteiger partial charge in [0.25, 0.3) is 11.6 Å². The molecule has 0 bridgehead atoms. The quantitative estimate of drug-likeness (QED) is 0.429. The third-order valence-electron chi connectivity index (χ3n) is 2.12. The molecule has 104 valence electrons. The Morgan fingerprint density at radius 3 is 2.32 bits per heavy atom. The summed E-state index contributed by atoms with van der Waals surface area (Å²) in [5, 5.41) is 12.9. The van der Waals surface area contributed by atoms with Gasteiger partial charge < -0.3 is 5.32 Å². The van der Waals surface area contributed by atoms with Crippen molar-refractivity contribution in [2.24, 2.45) is 0 Å². The fourth-order valence-corrected chi connectivity index (χ4v) is 1.72. The number of benzene rings is 1. The lowest BCUT2D eigenvalue weighted by atomic mass is 10.2. The summed E-state index contributed by atoms with van der Waals surface area (Å²) in [5.74, 6) is -0.426. The van der Waals surface area contributed by atoms with Gasteiger partial charge in [-0.2, -0.15) is 0 Å². The highest BCUT2D eigenvalue weighted by atomic mass is 32.2. The number of hydrogen-bond donors (Lipinski definition) is 2. The Morgan fingerprint density at radius 2 is 1.84 bits per heavy atom. The highest BCUT2D eigenvalue weighted by Crippen LogP contribution is 2.11. The van der Waals surface area contributed by atoms with Crippen molar-refractivity contribution in [3.05, 3.63) is 39.9 Å². The van der Waals surface area contributed by atoms with Crippen LogP contribution < -0.4 is 10.0 Å². The molecule has 1 rings (SSSR count). The Kier molecular flexibility index (Phi) is 4.95. The summed E-state index contributed by atoms with van der Waals surface area (Å²) in [6, 6.07) is 5.11. The lowest BCUT2D eigenvalue weighted by Crippen LogP contribution is -2.34. The van der Waals surface area contributed by atoms with E-state index in [2.05, 4.69) is 10.0 Å². The minimum absolute atomic E-state index is 0.0809. The summed E-state index contributed by atoms with van der Waals surface area (Å²) in [4.78, 5) is 21.5. The molecule has 0 aliphatic rings. The molecule has 0 saturated carbocycles. The lowest BCUT2D eigenvalue weighted by Gasteiger charge is -2.05. The highest BCUT2D eigenvalue weighted by Gasteiger charge is 2.09. The predicted molar refractivity (Wildman–Crippen MR) is 68.3 cm³/mol. The van der Waals surface area contributed by atoms with E-state index >= 15 is 0 Å². The predicted octanol–water partition coefficient (Wildman–Crippen LogP) is -0.126. The molecule has 0 spiro atoms. The first-order chi connectivity index (χ1) is 8.79. The van der Waals surface area contributed by atoms with Gasteiger partial charge in [0.15, 0.2) is 0 Å². The van der Waals surface area contributed by atoms with Gasteiger partial charge >= 0.3 is 0 Å². The molecule has 0 fully saturated rings. The van der Waals surface area contributed by atoms with Gasteiger partial charge in [0.2, 0.25) is 10.0 Å². The molecule has 0 unspecified atom stereocenters. The van der Waals surface area contributed by atoms with E-state index in [0.29, 0.717) is 0 Å². The van der Waals surface area contributed by atoms with Crippen LogP contribution >= 0.6 is 0 Å². The minimum Gasteiger partial charge on any atom is -0.351 e. The maximum Gasteiger partial charge on any atom is 0.269 e. The van der Waals surface area contributed by atoms with Crippen LogP contribution in [0.3, 0.4) is 0 Å². The number of rotatable bonds is 6. The van der Waals surface area contributed by atoms with Gasteiger partial charge in [-0.15, -0.1) is 0 Å². The van der Waals surface area contributed by atoms with Gasteiger partial charge in [-0.25, -0.2) is 13.1 Å². The number of non-ortho nitro benzene ring substituents is 1. The maximum atomic E-state index is 11.6. The molecule has 0 aliphatic heterocycles. The zero-order valence-corrected chi connectivity index (χ0v) is 10.9. The van der Waals surface area contributed by atoms with Crippen molar-refractivity contribution in [1.29, 1.82) is 0 Å². The van der Waals surface area contributed by atoms with Crippen LogP contribution in [-0.4, -0.2) is 38.6 Å². The number of nitrogens with one attached hydrogen (secondary N) is 2. The number of amides is 1. The molecule has 0 aliphatic carbocycles. The number of nitrogens with zero attached hydrogens (tertiary/aromatic N) is 1. The van der Waals surface area contributed by atoms with Gasteiger partial charge in [0.1, 0.15) is 0 Å². The normalized spacial score (nSPS) is 11.0. The van der Waals surface area contributed by atoms with E-state index in [1.165, 1.54) is 24.3 Å². The lowest BCUT2D eigenvalue weighted by molar-refractivity contribution is -0.384. The number of nitro groups is 1. The van der Waals surface area contributed by atoms with E-state index < -0.39 is 20.9 Å². The van der Waals surface area contributed by atoms with E-state index in [-0.39, 0.29) is 24.3 Å². The Bertz CT molecular complexity index is 567. The van der Waals surface area contributed by atoms with Crippen LogP contribution in [0.4, 0.5) is 5.69 Å². The van der Waals surface area contributed by atoms with Crippen molar-refractivity contribution in [2.45, 2.75) is 0 Å². The number of nitro benzene ring substituents is 1. The second-order valence-electron chi connectivity index (χ2n) is 3.73. The molecular weight excluding hydrogens is 274 g/mol. The van der Waals surface area contributed by atoms with E-state index in [4.69, 9.17) is 0 Å². The van der Waals surface area contributed by atoms with Crippen LogP contribution in [0.1, 0.15) is 10.4 Å². The fraction of sp³-hybridized carbons (Fsp3) is 0.300. The third kappa shape index (κ3) is 5.44. The van der Waals surface area contributed by atoms with Gasteiger partial charge in [0.05, 0.1) is 11.2 Å². The molecule has 9 heteroatoms. The van der Waals surface area contributed by atoms with Crippen molar-refractivity contribution in [2.75, 3.05) is 19.3 Å². The number of carbonyl (C=O) groups is 1. The first-order valence-electron chi connectivity index (χ1n) is 5.27. The average molecular weight is 287 g/mol. The van der Waals surface area contributed by atoms with Crippen LogP contribution in [0.2, 0.25) is 0 Å². The maximum absolute atomic E-state index is 11.6. The van der Waals surface area contributed by atoms with Crippen molar-refractivity contribution < 1.29 is 18.1 Å². The van der Waals surface area contributed by atoms with Crippen molar-refractivity contribution in [3.8, 4) is 0 Å². The molecule has 2 N–H and O–H groups in total. The first-order valence-corrected chi connectivity index (χ1v) is 7.16. The van der Waals surface area contributed by atoms with Crippen molar-refractivity contribution in [1.82, 2.24) is 10.0 Å². The molecule has 8 nitrogen and oxygen atoms in total. The van der Waals surface area contributed by atoms with Crippen LogP contribution in [-0.2, 0) is 10.0 Å². The second kappa shape index (κ2) is 6.25. The van der Waals surface area contributed by atoms with E-state index in [9.17, 15) is 23.3 Å². The van der Waals surface area contributed by atoms with Gasteiger partial charge in [-0.05, 0) is 12.1 Å². The second-order valence-corrected chi connectivity index (χ2v) is 5.56. The van der Waals surface area contributed by atoms with Crippen LogP contribution in [0.25, 0.3) is 0 Å². The summed E-state index contributed by atoms with van der Waals surface area (Å²) in [6.07, 6.45) is 1.02. The molecule has 0 heterocycles. The molecule has 0 saturated heterocycles. The van der Waals surface area contributed by atoms with E-state index in [1.54, 1.807) is 0 Å². The molecule has 1 aromatic carbocycles. The Morgan fingerprint density at radius 1 is 1.26 bits per heavy atom. The van der Waals surface area contributed by atoms with Gasteiger partial charge in [-0.3, -0.25) is 14.9 Å². The minimum atomic E-state index is -3.28.